The highest BCUT2D eigenvalue weighted by Gasteiger charge is 2.43. The average Bonchev–Trinajstić information content (AvgIpc) is 2.69. The minimum atomic E-state index is -0.172. The fourth-order valence-electron chi connectivity index (χ4n) is 0.963. The van der Waals surface area contributed by atoms with Crippen molar-refractivity contribution < 1.29 is 14.3 Å². The summed E-state index contributed by atoms with van der Waals surface area (Å²) in [5.41, 5.74) is 0. The molecule has 1 saturated heterocycles. The summed E-state index contributed by atoms with van der Waals surface area (Å²) in [5, 5.41) is 2.95. The van der Waals surface area contributed by atoms with E-state index in [1.54, 1.807) is 14.0 Å². The van der Waals surface area contributed by atoms with E-state index in [4.69, 9.17) is 9.47 Å². The third kappa shape index (κ3) is 2.17. The molecule has 1 heterocycles. The predicted molar refractivity (Wildman–Crippen MR) is 39.2 cm³/mol. The van der Waals surface area contributed by atoms with Crippen molar-refractivity contribution in [3.05, 3.63) is 0 Å². The first-order valence-corrected chi connectivity index (χ1v) is 3.71. The van der Waals surface area contributed by atoms with Gasteiger partial charge in [-0.15, -0.1) is 0 Å². The Morgan fingerprint density at radius 3 is 2.91 bits per heavy atom. The van der Waals surface area contributed by atoms with Crippen molar-refractivity contribution in [2.45, 2.75) is 19.0 Å². The molecule has 2 unspecified atom stereocenters. The second-order valence-electron chi connectivity index (χ2n) is 2.46. The second-order valence-corrected chi connectivity index (χ2v) is 2.46. The van der Waals surface area contributed by atoms with Gasteiger partial charge in [0.25, 0.3) is 0 Å². The molecule has 0 amide bonds. The zero-order chi connectivity index (χ0) is 8.27. The Morgan fingerprint density at radius 2 is 2.36 bits per heavy atom. The molecular weight excluding hydrogens is 146 g/mol. The monoisotopic (exact) mass is 159 g/mol. The van der Waals surface area contributed by atoms with Crippen LogP contribution in [0.25, 0.3) is 0 Å². The SMILES string of the molecule is CCOC(=O)C1NC1COC. The molecular formula is C7H13NO3. The third-order valence-corrected chi connectivity index (χ3v) is 1.57. The van der Waals surface area contributed by atoms with E-state index in [1.165, 1.54) is 0 Å². The Morgan fingerprint density at radius 1 is 1.64 bits per heavy atom. The molecule has 0 aromatic heterocycles. The molecule has 1 rings (SSSR count). The van der Waals surface area contributed by atoms with E-state index in [0.29, 0.717) is 13.2 Å². The molecule has 2 atom stereocenters. The van der Waals surface area contributed by atoms with Crippen LogP contribution >= 0.6 is 0 Å². The summed E-state index contributed by atoms with van der Waals surface area (Å²) in [6, 6.07) is 0.0361. The Hall–Kier alpha value is -0.610. The number of methoxy groups -OCH3 is 1. The summed E-state index contributed by atoms with van der Waals surface area (Å²) >= 11 is 0. The smallest absolute Gasteiger partial charge is 0.324 e. The van der Waals surface area contributed by atoms with E-state index in [-0.39, 0.29) is 18.1 Å². The van der Waals surface area contributed by atoms with Gasteiger partial charge in [0.05, 0.1) is 19.3 Å². The Labute approximate surface area is 65.9 Å². The van der Waals surface area contributed by atoms with Gasteiger partial charge >= 0.3 is 5.97 Å². The molecule has 1 aliphatic heterocycles. The van der Waals surface area contributed by atoms with E-state index in [0.717, 1.165) is 0 Å². The molecule has 0 aromatic carbocycles. The van der Waals surface area contributed by atoms with Gasteiger partial charge < -0.3 is 9.47 Å². The normalized spacial score (nSPS) is 28.2. The Balaban J connectivity index is 2.15. The highest BCUT2D eigenvalue weighted by molar-refractivity contribution is 5.80. The maximum Gasteiger partial charge on any atom is 0.324 e. The van der Waals surface area contributed by atoms with E-state index < -0.39 is 0 Å². The molecule has 11 heavy (non-hydrogen) atoms. The van der Waals surface area contributed by atoms with Crippen LogP contribution in [0.4, 0.5) is 0 Å². The third-order valence-electron chi connectivity index (χ3n) is 1.57. The first-order valence-electron chi connectivity index (χ1n) is 3.71. The van der Waals surface area contributed by atoms with Crippen molar-refractivity contribution in [2.24, 2.45) is 0 Å². The fraction of sp³-hybridized carbons (Fsp3) is 0.857. The zero-order valence-corrected chi connectivity index (χ0v) is 6.79. The molecule has 1 aliphatic rings. The number of carbonyl (C=O) groups is 1. The second kappa shape index (κ2) is 3.69. The van der Waals surface area contributed by atoms with Crippen molar-refractivity contribution in [2.75, 3.05) is 20.3 Å². The van der Waals surface area contributed by atoms with E-state index >= 15 is 0 Å². The summed E-state index contributed by atoms with van der Waals surface area (Å²) in [6.07, 6.45) is 0. The van der Waals surface area contributed by atoms with Crippen LogP contribution in [0.5, 0.6) is 0 Å². The quantitative estimate of drug-likeness (QED) is 0.445. The maximum absolute atomic E-state index is 11.0. The van der Waals surface area contributed by atoms with Crippen molar-refractivity contribution in [1.82, 2.24) is 5.32 Å². The lowest BCUT2D eigenvalue weighted by Gasteiger charge is -1.97. The van der Waals surface area contributed by atoms with Crippen LogP contribution < -0.4 is 5.32 Å². The van der Waals surface area contributed by atoms with Crippen LogP contribution in [0.1, 0.15) is 6.92 Å². The lowest BCUT2D eigenvalue weighted by molar-refractivity contribution is -0.142. The van der Waals surface area contributed by atoms with Gasteiger partial charge in [0.15, 0.2) is 0 Å². The van der Waals surface area contributed by atoms with Crippen molar-refractivity contribution in [1.29, 1.82) is 0 Å². The topological polar surface area (TPSA) is 57.5 Å². The molecule has 0 spiro atoms. The Kier molecular flexibility index (Phi) is 2.84. The van der Waals surface area contributed by atoms with E-state index in [9.17, 15) is 4.79 Å². The highest BCUT2D eigenvalue weighted by Crippen LogP contribution is 2.12. The molecule has 64 valence electrons. The van der Waals surface area contributed by atoms with Crippen LogP contribution in [0.3, 0.4) is 0 Å². The van der Waals surface area contributed by atoms with Gasteiger partial charge in [0.2, 0.25) is 0 Å². The molecule has 0 aromatic rings. The van der Waals surface area contributed by atoms with Gasteiger partial charge in [-0.25, -0.2) is 0 Å². The van der Waals surface area contributed by atoms with E-state index in [2.05, 4.69) is 5.32 Å². The molecule has 4 nitrogen and oxygen atoms in total. The van der Waals surface area contributed by atoms with Gasteiger partial charge in [0.1, 0.15) is 6.04 Å². The largest absolute Gasteiger partial charge is 0.465 e. The van der Waals surface area contributed by atoms with Crippen LogP contribution in [0.2, 0.25) is 0 Å². The van der Waals surface area contributed by atoms with Gasteiger partial charge in [-0.3, -0.25) is 10.1 Å². The van der Waals surface area contributed by atoms with Gasteiger partial charge in [-0.2, -0.15) is 0 Å². The molecule has 1 N–H and O–H groups in total. The van der Waals surface area contributed by atoms with Crippen LogP contribution in [0, 0.1) is 0 Å². The van der Waals surface area contributed by atoms with Crippen LogP contribution in [-0.2, 0) is 14.3 Å². The summed E-state index contributed by atoms with van der Waals surface area (Å²) in [7, 11) is 1.61. The molecule has 0 aliphatic carbocycles. The molecule has 0 bridgehead atoms. The molecule has 1 fully saturated rings. The summed E-state index contributed by atoms with van der Waals surface area (Å²) < 4.78 is 9.64. The molecule has 0 saturated carbocycles. The first-order chi connectivity index (χ1) is 5.29. The van der Waals surface area contributed by atoms with Gasteiger partial charge in [-0.1, -0.05) is 0 Å². The zero-order valence-electron chi connectivity index (χ0n) is 6.79. The number of hydrogen-bond acceptors (Lipinski definition) is 4. The standard InChI is InChI=1S/C7H13NO3/c1-3-11-7(9)6-5(8-6)4-10-2/h5-6,8H,3-4H2,1-2H3. The van der Waals surface area contributed by atoms with Gasteiger partial charge in [0, 0.05) is 7.11 Å². The van der Waals surface area contributed by atoms with Gasteiger partial charge in [-0.05, 0) is 6.92 Å². The summed E-state index contributed by atoms with van der Waals surface area (Å²) in [6.45, 7) is 2.81. The van der Waals surface area contributed by atoms with Crippen molar-refractivity contribution in [3.8, 4) is 0 Å². The predicted octanol–water partition coefficient (Wildman–Crippen LogP) is -0.464. The fourth-order valence-corrected chi connectivity index (χ4v) is 0.963. The number of hydrogen-bond donors (Lipinski definition) is 1. The minimum Gasteiger partial charge on any atom is -0.465 e. The molecule has 0 radical (unpaired) electrons. The number of rotatable bonds is 4. The molecule has 4 heteroatoms. The highest BCUT2D eigenvalue weighted by atomic mass is 16.5. The summed E-state index contributed by atoms with van der Waals surface area (Å²) in [4.78, 5) is 11.0. The Bertz CT molecular complexity index is 149. The number of esters is 1. The number of carbonyl (C=O) groups excluding carboxylic acids is 1. The van der Waals surface area contributed by atoms with Crippen LogP contribution in [-0.4, -0.2) is 38.4 Å². The maximum atomic E-state index is 11.0. The first kappa shape index (κ1) is 8.49. The lowest BCUT2D eigenvalue weighted by atomic mass is 10.3. The van der Waals surface area contributed by atoms with Crippen molar-refractivity contribution in [3.63, 3.8) is 0 Å². The van der Waals surface area contributed by atoms with Crippen LogP contribution in [0.15, 0.2) is 0 Å². The average molecular weight is 159 g/mol. The number of nitrogens with one attached hydrogen (secondary N) is 1. The van der Waals surface area contributed by atoms with Crippen molar-refractivity contribution >= 4 is 5.97 Å². The lowest BCUT2D eigenvalue weighted by Crippen LogP contribution is -2.16. The number of ether oxygens (including phenoxy) is 2. The van der Waals surface area contributed by atoms with E-state index in [1.807, 2.05) is 0 Å². The minimum absolute atomic E-state index is 0.130. The summed E-state index contributed by atoms with van der Waals surface area (Å²) in [5.74, 6) is -0.172.